The van der Waals surface area contributed by atoms with Gasteiger partial charge in [0.2, 0.25) is 5.96 Å². The summed E-state index contributed by atoms with van der Waals surface area (Å²) in [6.45, 7) is 0. The maximum atomic E-state index is 5.93. The average Bonchev–Trinajstić information content (AvgIpc) is 2.09. The fourth-order valence-corrected chi connectivity index (χ4v) is 2.24. The Bertz CT molecular complexity index is 444. The molecule has 0 saturated carbocycles. The largest absolute Gasteiger partial charge is 0.370 e. The molecule has 1 rings (SSSR count). The van der Waals surface area contributed by atoms with Gasteiger partial charge in [-0.25, -0.2) is 4.99 Å². The third kappa shape index (κ3) is 3.55. The number of guanidine groups is 2. The number of nitrogens with two attached hydrogens (primary N) is 3. The van der Waals surface area contributed by atoms with Crippen LogP contribution in [0.1, 0.15) is 0 Å². The molecule has 0 fully saturated rings. The summed E-state index contributed by atoms with van der Waals surface area (Å²) < 4.78 is 0.596. The molecular formula is C8H8BrCl2N5. The van der Waals surface area contributed by atoms with Gasteiger partial charge in [0.15, 0.2) is 5.96 Å². The van der Waals surface area contributed by atoms with Crippen LogP contribution < -0.4 is 17.2 Å². The Balaban J connectivity index is 3.20. The Labute approximate surface area is 110 Å². The van der Waals surface area contributed by atoms with Crippen LogP contribution >= 0.6 is 39.1 Å². The Morgan fingerprint density at radius 1 is 1.19 bits per heavy atom. The fraction of sp³-hybridized carbons (Fsp3) is 0. The molecule has 0 radical (unpaired) electrons. The maximum Gasteiger partial charge on any atom is 0.223 e. The van der Waals surface area contributed by atoms with E-state index in [2.05, 4.69) is 25.9 Å². The van der Waals surface area contributed by atoms with Gasteiger partial charge in [0.25, 0.3) is 0 Å². The summed E-state index contributed by atoms with van der Waals surface area (Å²) in [5.41, 5.74) is 16.2. The highest BCUT2D eigenvalue weighted by Crippen LogP contribution is 2.36. The number of rotatable bonds is 1. The molecule has 8 heteroatoms. The standard InChI is InChI=1S/C8H8BrCl2N5/c9-4-1-3(10)2-5(11)6(4)15-8(14)16-7(12)13/h1-2H,(H6,12,13,14,15,16). The van der Waals surface area contributed by atoms with E-state index in [1.807, 2.05) is 0 Å². The van der Waals surface area contributed by atoms with Crippen molar-refractivity contribution in [3.63, 3.8) is 0 Å². The topological polar surface area (TPSA) is 103 Å². The Kier molecular flexibility index (Phi) is 4.40. The first-order chi connectivity index (χ1) is 7.40. The number of hydrogen-bond donors (Lipinski definition) is 3. The van der Waals surface area contributed by atoms with Gasteiger partial charge in [-0.05, 0) is 28.1 Å². The van der Waals surface area contributed by atoms with Crippen molar-refractivity contribution in [3.05, 3.63) is 26.7 Å². The van der Waals surface area contributed by atoms with Crippen molar-refractivity contribution >= 4 is 56.7 Å². The zero-order valence-corrected chi connectivity index (χ0v) is 11.0. The van der Waals surface area contributed by atoms with Crippen molar-refractivity contribution in [3.8, 4) is 0 Å². The second kappa shape index (κ2) is 5.38. The zero-order valence-electron chi connectivity index (χ0n) is 7.92. The van der Waals surface area contributed by atoms with Crippen molar-refractivity contribution in [2.45, 2.75) is 0 Å². The molecule has 0 heterocycles. The van der Waals surface area contributed by atoms with Crippen molar-refractivity contribution < 1.29 is 0 Å². The van der Waals surface area contributed by atoms with Gasteiger partial charge in [-0.15, -0.1) is 0 Å². The van der Waals surface area contributed by atoms with Crippen LogP contribution in [0.15, 0.2) is 26.6 Å². The summed E-state index contributed by atoms with van der Waals surface area (Å²) in [6, 6.07) is 3.17. The highest BCUT2D eigenvalue weighted by Gasteiger charge is 2.06. The fourth-order valence-electron chi connectivity index (χ4n) is 0.913. The molecule has 0 aliphatic heterocycles. The average molecular weight is 325 g/mol. The van der Waals surface area contributed by atoms with E-state index in [9.17, 15) is 0 Å². The van der Waals surface area contributed by atoms with Crippen LogP contribution in [-0.2, 0) is 0 Å². The van der Waals surface area contributed by atoms with Crippen molar-refractivity contribution in [1.82, 2.24) is 0 Å². The monoisotopic (exact) mass is 323 g/mol. The number of nitrogens with zero attached hydrogens (tertiary/aromatic N) is 2. The van der Waals surface area contributed by atoms with Gasteiger partial charge in [-0.3, -0.25) is 0 Å². The van der Waals surface area contributed by atoms with E-state index in [0.717, 1.165) is 0 Å². The lowest BCUT2D eigenvalue weighted by Crippen LogP contribution is -2.26. The zero-order chi connectivity index (χ0) is 12.3. The van der Waals surface area contributed by atoms with E-state index in [1.54, 1.807) is 6.07 Å². The molecule has 0 unspecified atom stereocenters. The molecule has 5 nitrogen and oxygen atoms in total. The third-order valence-corrected chi connectivity index (χ3v) is 2.56. The molecule has 0 aliphatic carbocycles. The molecule has 86 valence electrons. The highest BCUT2D eigenvalue weighted by molar-refractivity contribution is 9.10. The summed E-state index contributed by atoms with van der Waals surface area (Å²) in [5, 5.41) is 0.823. The van der Waals surface area contributed by atoms with E-state index < -0.39 is 0 Å². The molecule has 0 saturated heterocycles. The first-order valence-electron chi connectivity index (χ1n) is 3.98. The summed E-state index contributed by atoms with van der Waals surface area (Å²) in [6.07, 6.45) is 0. The lowest BCUT2D eigenvalue weighted by atomic mass is 10.3. The van der Waals surface area contributed by atoms with Gasteiger partial charge >= 0.3 is 0 Å². The molecule has 0 spiro atoms. The Morgan fingerprint density at radius 3 is 2.31 bits per heavy atom. The van der Waals surface area contributed by atoms with Gasteiger partial charge in [0.1, 0.15) is 0 Å². The molecule has 0 bridgehead atoms. The summed E-state index contributed by atoms with van der Waals surface area (Å²) >= 11 is 15.0. The van der Waals surface area contributed by atoms with Crippen LogP contribution in [-0.4, -0.2) is 11.9 Å². The maximum absolute atomic E-state index is 5.93. The second-order valence-corrected chi connectivity index (χ2v) is 4.42. The number of benzene rings is 1. The minimum absolute atomic E-state index is 0.0927. The van der Waals surface area contributed by atoms with Crippen LogP contribution in [0.2, 0.25) is 10.0 Å². The van der Waals surface area contributed by atoms with E-state index in [1.165, 1.54) is 6.07 Å². The summed E-state index contributed by atoms with van der Waals surface area (Å²) in [7, 11) is 0. The van der Waals surface area contributed by atoms with Crippen molar-refractivity contribution in [2.75, 3.05) is 0 Å². The van der Waals surface area contributed by atoms with E-state index in [-0.39, 0.29) is 11.9 Å². The summed E-state index contributed by atoms with van der Waals surface area (Å²) in [5.74, 6) is -0.271. The molecule has 1 aromatic carbocycles. The smallest absolute Gasteiger partial charge is 0.223 e. The molecule has 0 atom stereocenters. The second-order valence-electron chi connectivity index (χ2n) is 2.72. The molecule has 16 heavy (non-hydrogen) atoms. The van der Waals surface area contributed by atoms with Crippen molar-refractivity contribution in [1.29, 1.82) is 0 Å². The van der Waals surface area contributed by atoms with E-state index in [0.29, 0.717) is 20.2 Å². The Hall–Kier alpha value is -0.980. The van der Waals surface area contributed by atoms with Crippen LogP contribution in [0.3, 0.4) is 0 Å². The SMILES string of the molecule is NC(N)=NC(N)=Nc1c(Cl)cc(Cl)cc1Br. The quantitative estimate of drug-likeness (QED) is 0.543. The number of aliphatic imine (C=N–C) groups is 2. The molecular weight excluding hydrogens is 317 g/mol. The predicted molar refractivity (Wildman–Crippen MR) is 71.3 cm³/mol. The number of halogens is 3. The molecule has 0 aromatic heterocycles. The molecule has 1 aromatic rings. The first kappa shape index (κ1) is 13.1. The van der Waals surface area contributed by atoms with Crippen molar-refractivity contribution in [2.24, 2.45) is 27.2 Å². The van der Waals surface area contributed by atoms with Crippen LogP contribution in [0.4, 0.5) is 5.69 Å². The van der Waals surface area contributed by atoms with Gasteiger partial charge < -0.3 is 17.2 Å². The van der Waals surface area contributed by atoms with Crippen LogP contribution in [0.5, 0.6) is 0 Å². The van der Waals surface area contributed by atoms with E-state index >= 15 is 0 Å². The summed E-state index contributed by atoms with van der Waals surface area (Å²) in [4.78, 5) is 7.51. The minimum Gasteiger partial charge on any atom is -0.370 e. The van der Waals surface area contributed by atoms with Gasteiger partial charge in [-0.2, -0.15) is 4.99 Å². The number of hydrogen-bond acceptors (Lipinski definition) is 1. The van der Waals surface area contributed by atoms with Gasteiger partial charge in [0, 0.05) is 9.50 Å². The van der Waals surface area contributed by atoms with Gasteiger partial charge in [0.05, 0.1) is 10.7 Å². The molecule has 6 N–H and O–H groups in total. The van der Waals surface area contributed by atoms with Gasteiger partial charge in [-0.1, -0.05) is 23.2 Å². The normalized spacial score (nSPS) is 11.3. The lowest BCUT2D eigenvalue weighted by molar-refractivity contribution is 1.37. The predicted octanol–water partition coefficient (Wildman–Crippen LogP) is 1.98. The molecule has 0 amide bonds. The lowest BCUT2D eigenvalue weighted by Gasteiger charge is -2.03. The highest BCUT2D eigenvalue weighted by atomic mass is 79.9. The Morgan fingerprint density at radius 2 is 1.81 bits per heavy atom. The van der Waals surface area contributed by atoms with E-state index in [4.69, 9.17) is 40.4 Å². The van der Waals surface area contributed by atoms with Crippen LogP contribution in [0, 0.1) is 0 Å². The first-order valence-corrected chi connectivity index (χ1v) is 5.53. The third-order valence-electron chi connectivity index (χ3n) is 1.45. The molecule has 0 aliphatic rings. The van der Waals surface area contributed by atoms with Crippen LogP contribution in [0.25, 0.3) is 0 Å². The minimum atomic E-state index is -0.178.